The van der Waals surface area contributed by atoms with Gasteiger partial charge in [0.2, 0.25) is 0 Å². The SMILES string of the molecule is CC#Cc1ccc(-c2csc(NC(=O)c3cncn3-c3ccncc3)n2)nc1. The Labute approximate surface area is 165 Å². The Hall–Kier alpha value is -3.83. The minimum atomic E-state index is -0.295. The van der Waals surface area contributed by atoms with Gasteiger partial charge in [-0.15, -0.1) is 17.3 Å². The van der Waals surface area contributed by atoms with Crippen molar-refractivity contribution in [1.29, 1.82) is 0 Å². The second kappa shape index (κ2) is 7.82. The first-order valence-electron chi connectivity index (χ1n) is 8.33. The van der Waals surface area contributed by atoms with Gasteiger partial charge >= 0.3 is 0 Å². The predicted molar refractivity (Wildman–Crippen MR) is 107 cm³/mol. The molecule has 4 aromatic rings. The van der Waals surface area contributed by atoms with Crippen LogP contribution in [0.15, 0.2) is 60.8 Å². The number of aromatic nitrogens is 5. The summed E-state index contributed by atoms with van der Waals surface area (Å²) < 4.78 is 1.70. The van der Waals surface area contributed by atoms with Gasteiger partial charge in [0.1, 0.15) is 11.4 Å². The van der Waals surface area contributed by atoms with Crippen LogP contribution in [0.3, 0.4) is 0 Å². The quantitative estimate of drug-likeness (QED) is 0.543. The minimum Gasteiger partial charge on any atom is -0.296 e. The summed E-state index contributed by atoms with van der Waals surface area (Å²) in [6, 6.07) is 7.36. The monoisotopic (exact) mass is 386 g/mol. The van der Waals surface area contributed by atoms with E-state index in [2.05, 4.69) is 37.1 Å². The number of imidazole rings is 1. The molecule has 0 saturated carbocycles. The first-order valence-corrected chi connectivity index (χ1v) is 9.21. The molecule has 0 bridgehead atoms. The Bertz CT molecular complexity index is 1170. The topological polar surface area (TPSA) is 85.6 Å². The molecule has 4 heterocycles. The molecule has 0 aliphatic heterocycles. The molecular formula is C20H14N6OS. The number of anilines is 1. The van der Waals surface area contributed by atoms with Crippen molar-refractivity contribution in [2.45, 2.75) is 6.92 Å². The van der Waals surface area contributed by atoms with Crippen LogP contribution in [0.25, 0.3) is 17.1 Å². The Balaban J connectivity index is 1.52. The van der Waals surface area contributed by atoms with Crippen molar-refractivity contribution in [3.05, 3.63) is 72.0 Å². The Morgan fingerprint density at radius 2 is 1.96 bits per heavy atom. The Morgan fingerprint density at radius 3 is 2.71 bits per heavy atom. The molecule has 1 amide bonds. The number of hydrogen-bond acceptors (Lipinski definition) is 6. The average Bonchev–Trinajstić information content (AvgIpc) is 3.39. The molecule has 0 aliphatic carbocycles. The van der Waals surface area contributed by atoms with Crippen molar-refractivity contribution >= 4 is 22.4 Å². The fourth-order valence-electron chi connectivity index (χ4n) is 2.55. The number of thiazole rings is 1. The molecule has 0 fully saturated rings. The van der Waals surface area contributed by atoms with Crippen LogP contribution in [-0.2, 0) is 0 Å². The maximum absolute atomic E-state index is 12.7. The molecule has 4 aromatic heterocycles. The predicted octanol–water partition coefficient (Wildman–Crippen LogP) is 3.41. The lowest BCUT2D eigenvalue weighted by atomic mass is 10.2. The highest BCUT2D eigenvalue weighted by atomic mass is 32.1. The van der Waals surface area contributed by atoms with E-state index in [1.165, 1.54) is 17.5 Å². The summed E-state index contributed by atoms with van der Waals surface area (Å²) in [5.74, 6) is 5.49. The Kier molecular flexibility index (Phi) is 4.91. The molecule has 0 spiro atoms. The molecule has 7 nitrogen and oxygen atoms in total. The van der Waals surface area contributed by atoms with Gasteiger partial charge in [-0.25, -0.2) is 9.97 Å². The maximum atomic E-state index is 12.7. The summed E-state index contributed by atoms with van der Waals surface area (Å²) in [7, 11) is 0. The van der Waals surface area contributed by atoms with E-state index in [1.807, 2.05) is 17.5 Å². The van der Waals surface area contributed by atoms with Crippen LogP contribution in [0, 0.1) is 11.8 Å². The summed E-state index contributed by atoms with van der Waals surface area (Å²) in [6.45, 7) is 1.78. The number of amides is 1. The zero-order valence-corrected chi connectivity index (χ0v) is 15.6. The van der Waals surface area contributed by atoms with Crippen LogP contribution >= 0.6 is 11.3 Å². The van der Waals surface area contributed by atoms with Crippen molar-refractivity contribution < 1.29 is 4.79 Å². The minimum absolute atomic E-state index is 0.295. The van der Waals surface area contributed by atoms with Crippen LogP contribution in [0.4, 0.5) is 5.13 Å². The Morgan fingerprint density at radius 1 is 1.11 bits per heavy atom. The molecule has 0 saturated heterocycles. The molecule has 0 aromatic carbocycles. The fourth-order valence-corrected chi connectivity index (χ4v) is 3.25. The zero-order valence-electron chi connectivity index (χ0n) is 14.8. The van der Waals surface area contributed by atoms with Gasteiger partial charge in [-0.05, 0) is 31.2 Å². The number of nitrogens with one attached hydrogen (secondary N) is 1. The van der Waals surface area contributed by atoms with Crippen molar-refractivity contribution in [2.75, 3.05) is 5.32 Å². The van der Waals surface area contributed by atoms with Crippen molar-refractivity contribution in [3.63, 3.8) is 0 Å². The van der Waals surface area contributed by atoms with E-state index >= 15 is 0 Å². The van der Waals surface area contributed by atoms with Gasteiger partial charge in [-0.1, -0.05) is 5.92 Å². The molecule has 8 heteroatoms. The van der Waals surface area contributed by atoms with Gasteiger partial charge in [-0.3, -0.25) is 24.6 Å². The van der Waals surface area contributed by atoms with Crippen LogP contribution in [0.5, 0.6) is 0 Å². The number of carbonyl (C=O) groups is 1. The lowest BCUT2D eigenvalue weighted by Crippen LogP contribution is -2.16. The van der Waals surface area contributed by atoms with Gasteiger partial charge in [0, 0.05) is 29.5 Å². The third kappa shape index (κ3) is 3.65. The third-order valence-electron chi connectivity index (χ3n) is 3.83. The summed E-state index contributed by atoms with van der Waals surface area (Å²) >= 11 is 1.34. The standard InChI is InChI=1S/C20H14N6OS/c1-2-3-14-4-5-16(23-10-14)17-12-28-20(24-17)25-19(27)18-11-22-13-26(18)15-6-8-21-9-7-15/h4-13H,1H3,(H,24,25,27). The highest BCUT2D eigenvalue weighted by Gasteiger charge is 2.15. The number of nitrogens with zero attached hydrogens (tertiary/aromatic N) is 5. The van der Waals surface area contributed by atoms with Gasteiger partial charge in [0.25, 0.3) is 5.91 Å². The van der Waals surface area contributed by atoms with E-state index in [4.69, 9.17) is 0 Å². The molecule has 0 radical (unpaired) electrons. The molecule has 4 rings (SSSR count). The van der Waals surface area contributed by atoms with E-state index in [1.54, 1.807) is 48.5 Å². The molecule has 0 unspecified atom stereocenters. The largest absolute Gasteiger partial charge is 0.296 e. The van der Waals surface area contributed by atoms with Crippen molar-refractivity contribution in [1.82, 2.24) is 24.5 Å². The van der Waals surface area contributed by atoms with Gasteiger partial charge in [0.05, 0.1) is 23.9 Å². The van der Waals surface area contributed by atoms with Crippen LogP contribution < -0.4 is 5.32 Å². The van der Waals surface area contributed by atoms with Gasteiger partial charge < -0.3 is 0 Å². The second-order valence-corrected chi connectivity index (χ2v) is 6.51. The van der Waals surface area contributed by atoms with E-state index < -0.39 is 0 Å². The van der Waals surface area contributed by atoms with Gasteiger partial charge in [0.15, 0.2) is 5.13 Å². The summed E-state index contributed by atoms with van der Waals surface area (Å²) in [6.07, 6.45) is 8.13. The highest BCUT2D eigenvalue weighted by molar-refractivity contribution is 7.14. The van der Waals surface area contributed by atoms with Crippen molar-refractivity contribution in [3.8, 4) is 28.9 Å². The lowest BCUT2D eigenvalue weighted by Gasteiger charge is -2.07. The molecule has 28 heavy (non-hydrogen) atoms. The van der Waals surface area contributed by atoms with E-state index in [0.29, 0.717) is 16.5 Å². The lowest BCUT2D eigenvalue weighted by molar-refractivity contribution is 0.102. The van der Waals surface area contributed by atoms with Crippen LogP contribution in [0.1, 0.15) is 23.0 Å². The molecule has 1 N–H and O–H groups in total. The molecule has 136 valence electrons. The van der Waals surface area contributed by atoms with E-state index in [-0.39, 0.29) is 5.91 Å². The first kappa shape index (κ1) is 17.6. The normalized spacial score (nSPS) is 10.2. The van der Waals surface area contributed by atoms with Crippen LogP contribution in [0.2, 0.25) is 0 Å². The third-order valence-corrected chi connectivity index (χ3v) is 4.59. The number of hydrogen-bond donors (Lipinski definition) is 1. The number of rotatable bonds is 4. The summed E-state index contributed by atoms with van der Waals surface area (Å²) in [5, 5.41) is 5.16. The average molecular weight is 386 g/mol. The smallest absolute Gasteiger partial charge is 0.276 e. The first-order chi connectivity index (χ1) is 13.7. The zero-order chi connectivity index (χ0) is 19.3. The van der Waals surface area contributed by atoms with Crippen LogP contribution in [-0.4, -0.2) is 30.4 Å². The molecule has 0 atom stereocenters. The molecule has 0 aliphatic rings. The second-order valence-electron chi connectivity index (χ2n) is 5.65. The van der Waals surface area contributed by atoms with Gasteiger partial charge in [-0.2, -0.15) is 0 Å². The summed E-state index contributed by atoms with van der Waals surface area (Å²) in [4.78, 5) is 29.6. The fraction of sp³-hybridized carbons (Fsp3) is 0.0500. The number of carbonyl (C=O) groups excluding carboxylic acids is 1. The van der Waals surface area contributed by atoms with E-state index in [0.717, 1.165) is 16.9 Å². The maximum Gasteiger partial charge on any atom is 0.276 e. The van der Waals surface area contributed by atoms with Crippen molar-refractivity contribution in [2.24, 2.45) is 0 Å². The summed E-state index contributed by atoms with van der Waals surface area (Å²) in [5.41, 5.74) is 3.47. The number of pyridine rings is 2. The molecular weight excluding hydrogens is 372 g/mol. The highest BCUT2D eigenvalue weighted by Crippen LogP contribution is 2.24. The van der Waals surface area contributed by atoms with E-state index in [9.17, 15) is 4.79 Å².